The molecule has 2 N–H and O–H groups in total. The monoisotopic (exact) mass is 530 g/mol. The third-order valence-corrected chi connectivity index (χ3v) is 5.27. The number of rotatable bonds is 6. The third kappa shape index (κ3) is 7.41. The summed E-state index contributed by atoms with van der Waals surface area (Å²) in [6.07, 6.45) is 0.313. The highest BCUT2D eigenvalue weighted by Gasteiger charge is 2.28. The van der Waals surface area contributed by atoms with Gasteiger partial charge in [-0.3, -0.25) is 0 Å². The van der Waals surface area contributed by atoms with Gasteiger partial charge in [0.15, 0.2) is 0 Å². The first-order chi connectivity index (χ1) is 13.0. The zero-order valence-corrected chi connectivity index (χ0v) is 20.4. The highest BCUT2D eigenvalue weighted by molar-refractivity contribution is 9.10. The number of halogens is 2. The van der Waals surface area contributed by atoms with E-state index in [0.29, 0.717) is 22.9 Å². The molecule has 0 saturated heterocycles. The summed E-state index contributed by atoms with van der Waals surface area (Å²) in [5.74, 6) is -2.02. The minimum atomic E-state index is -2.01. The molecule has 0 amide bonds. The molecule has 0 aliphatic carbocycles. The van der Waals surface area contributed by atoms with Gasteiger partial charge in [-0.05, 0) is 62.3 Å². The van der Waals surface area contributed by atoms with Gasteiger partial charge in [-0.15, -0.1) is 0 Å². The summed E-state index contributed by atoms with van der Waals surface area (Å²) in [5.41, 5.74) is 0.825. The van der Waals surface area contributed by atoms with Gasteiger partial charge in [0.1, 0.15) is 11.3 Å². The van der Waals surface area contributed by atoms with Crippen molar-refractivity contribution in [1.29, 1.82) is 0 Å². The predicted molar refractivity (Wildman–Crippen MR) is 121 cm³/mol. The minimum absolute atomic E-state index is 0.0418. The van der Waals surface area contributed by atoms with E-state index in [1.54, 1.807) is 6.92 Å². The van der Waals surface area contributed by atoms with E-state index >= 15 is 0 Å². The van der Waals surface area contributed by atoms with Crippen LogP contribution in [0.4, 0.5) is 0 Å². The van der Waals surface area contributed by atoms with E-state index in [-0.39, 0.29) is 16.9 Å². The molecule has 0 saturated carbocycles. The second-order valence-corrected chi connectivity index (χ2v) is 13.1. The van der Waals surface area contributed by atoms with Crippen molar-refractivity contribution in [2.45, 2.75) is 33.0 Å². The number of benzene rings is 2. The average Bonchev–Trinajstić information content (AvgIpc) is 2.53. The normalized spacial score (nSPS) is 10.6. The minimum Gasteiger partial charge on any atom is -0.544 e. The summed E-state index contributed by atoms with van der Waals surface area (Å²) >= 11 is 6.56. The third-order valence-electron chi connectivity index (χ3n) is 3.51. The predicted octanol–water partition coefficient (Wildman–Crippen LogP) is 5.99. The molecule has 0 heterocycles. The lowest BCUT2D eigenvalue weighted by molar-refractivity contribution is 0.0693. The maximum atomic E-state index is 11.6. The topological polar surface area (TPSA) is 83.8 Å². The van der Waals surface area contributed by atoms with Gasteiger partial charge >= 0.3 is 11.9 Å². The molecule has 0 spiro atoms. The largest absolute Gasteiger partial charge is 0.544 e. The number of carbonyl (C=O) groups is 2. The average molecular weight is 532 g/mol. The fourth-order valence-electron chi connectivity index (χ4n) is 2.55. The van der Waals surface area contributed by atoms with Crippen molar-refractivity contribution in [1.82, 2.24) is 0 Å². The van der Waals surface area contributed by atoms with E-state index in [9.17, 15) is 19.8 Å². The quantitative estimate of drug-likeness (QED) is 0.353. The van der Waals surface area contributed by atoms with Crippen molar-refractivity contribution in [2.24, 2.45) is 0 Å². The van der Waals surface area contributed by atoms with Crippen LogP contribution in [-0.4, -0.2) is 35.8 Å². The first-order valence-corrected chi connectivity index (χ1v) is 13.9. The second-order valence-electron chi connectivity index (χ2n) is 6.98. The Morgan fingerprint density at radius 3 is 1.93 bits per heavy atom. The van der Waals surface area contributed by atoms with Crippen LogP contribution in [0.25, 0.3) is 0 Å². The molecule has 28 heavy (non-hydrogen) atoms. The van der Waals surface area contributed by atoms with E-state index in [1.807, 2.05) is 50.0 Å². The summed E-state index contributed by atoms with van der Waals surface area (Å²) in [4.78, 5) is 23.1. The molecule has 0 aliphatic heterocycles. The van der Waals surface area contributed by atoms with Gasteiger partial charge < -0.3 is 14.6 Å². The summed E-state index contributed by atoms with van der Waals surface area (Å²) in [7, 11) is -2.01. The molecular formula is C20H24Br2O5Si. The van der Waals surface area contributed by atoms with Crippen molar-refractivity contribution in [3.05, 3.63) is 63.1 Å². The van der Waals surface area contributed by atoms with E-state index in [4.69, 9.17) is 4.43 Å². The van der Waals surface area contributed by atoms with Gasteiger partial charge in [-0.2, -0.15) is 0 Å². The van der Waals surface area contributed by atoms with E-state index in [0.717, 1.165) is 4.47 Å². The maximum absolute atomic E-state index is 11.6. The maximum Gasteiger partial charge on any atom is 0.339 e. The van der Waals surface area contributed by atoms with E-state index in [1.165, 1.54) is 6.07 Å². The molecule has 2 aromatic rings. The van der Waals surface area contributed by atoms with Gasteiger partial charge in [0.2, 0.25) is 8.32 Å². The van der Waals surface area contributed by atoms with Crippen molar-refractivity contribution in [3.8, 4) is 5.75 Å². The Labute approximate surface area is 183 Å². The van der Waals surface area contributed by atoms with Crippen molar-refractivity contribution in [3.63, 3.8) is 0 Å². The van der Waals surface area contributed by atoms with Crippen LogP contribution in [0.5, 0.6) is 5.75 Å². The van der Waals surface area contributed by atoms with E-state index < -0.39 is 20.3 Å². The Bertz CT molecular complexity index is 833. The molecule has 2 aromatic carbocycles. The van der Waals surface area contributed by atoms with Crippen LogP contribution in [0, 0.1) is 6.92 Å². The molecule has 0 radical (unpaired) electrons. The van der Waals surface area contributed by atoms with Crippen LogP contribution < -0.4 is 4.43 Å². The Kier molecular flexibility index (Phi) is 9.39. The van der Waals surface area contributed by atoms with Crippen molar-refractivity contribution < 1.29 is 24.2 Å². The molecular weight excluding hydrogens is 508 g/mol. The Balaban J connectivity index is 0.000000467. The Morgan fingerprint density at radius 2 is 1.57 bits per heavy atom. The summed E-state index contributed by atoms with van der Waals surface area (Å²) < 4.78 is 6.98. The molecule has 152 valence electrons. The second kappa shape index (κ2) is 10.8. The molecule has 5 nitrogen and oxygen atoms in total. The highest BCUT2D eigenvalue weighted by atomic mass is 79.9. The lowest BCUT2D eigenvalue weighted by Crippen LogP contribution is -2.30. The van der Waals surface area contributed by atoms with Gasteiger partial charge in [0.25, 0.3) is 0 Å². The molecule has 0 unspecified atom stereocenters. The van der Waals surface area contributed by atoms with Crippen LogP contribution in [0.1, 0.15) is 31.8 Å². The zero-order valence-electron chi connectivity index (χ0n) is 16.3. The number of hydrogen-bond acceptors (Lipinski definition) is 3. The standard InChI is InChI=1S/C14H19BrO5Si.C6H5Br/c1-8-7-10(20-21(2,3)4)12(14(18)19)9(5-6-15)11(8)13(16)17;7-6-4-2-1-3-5-6/h7H,5-6H2,1-4H3,(H,16,17)(H,18,19);1-5H. The van der Waals surface area contributed by atoms with Crippen LogP contribution in [-0.2, 0) is 6.42 Å². The molecule has 0 aliphatic rings. The number of carboxylic acids is 2. The fourth-order valence-corrected chi connectivity index (χ4v) is 4.08. The summed E-state index contributed by atoms with van der Waals surface area (Å²) in [5, 5.41) is 19.3. The number of alkyl halides is 1. The lowest BCUT2D eigenvalue weighted by Gasteiger charge is -2.23. The molecule has 8 heteroatoms. The zero-order chi connectivity index (χ0) is 21.5. The number of aromatic carboxylic acids is 2. The SMILES string of the molecule is Brc1ccccc1.Cc1cc(O[Si](C)(C)C)c(C(=O)O)c(CCBr)c1C(=O)O. The van der Waals surface area contributed by atoms with Crippen LogP contribution in [0.15, 0.2) is 40.9 Å². The van der Waals surface area contributed by atoms with Crippen LogP contribution in [0.2, 0.25) is 19.6 Å². The van der Waals surface area contributed by atoms with Gasteiger partial charge in [-0.1, -0.05) is 50.1 Å². The molecule has 2 rings (SSSR count). The molecule has 0 aromatic heterocycles. The van der Waals surface area contributed by atoms with Gasteiger partial charge in [-0.25, -0.2) is 9.59 Å². The van der Waals surface area contributed by atoms with Gasteiger partial charge in [0.05, 0.1) is 5.56 Å². The fraction of sp³-hybridized carbons (Fsp3) is 0.300. The van der Waals surface area contributed by atoms with Crippen molar-refractivity contribution >= 4 is 52.1 Å². The first-order valence-electron chi connectivity index (χ1n) is 8.56. The lowest BCUT2D eigenvalue weighted by atomic mass is 9.94. The smallest absolute Gasteiger partial charge is 0.339 e. The van der Waals surface area contributed by atoms with E-state index in [2.05, 4.69) is 31.9 Å². The Morgan fingerprint density at radius 1 is 1.04 bits per heavy atom. The number of hydrogen-bond donors (Lipinski definition) is 2. The van der Waals surface area contributed by atoms with Gasteiger partial charge in [0, 0.05) is 9.80 Å². The highest BCUT2D eigenvalue weighted by Crippen LogP contribution is 2.31. The number of carboxylic acid groups (broad SMARTS) is 2. The van der Waals surface area contributed by atoms with Crippen LogP contribution >= 0.6 is 31.9 Å². The summed E-state index contributed by atoms with van der Waals surface area (Å²) in [6, 6.07) is 11.5. The molecule has 0 fully saturated rings. The molecule has 0 atom stereocenters. The van der Waals surface area contributed by atoms with Crippen LogP contribution in [0.3, 0.4) is 0 Å². The Hall–Kier alpha value is -1.64. The number of aryl methyl sites for hydroxylation is 1. The summed E-state index contributed by atoms with van der Waals surface area (Å²) in [6.45, 7) is 7.50. The first kappa shape index (κ1) is 24.4. The van der Waals surface area contributed by atoms with Crippen molar-refractivity contribution in [2.75, 3.05) is 5.33 Å². The molecule has 0 bridgehead atoms.